The molecule has 0 saturated heterocycles. The molecule has 0 aliphatic rings. The van der Waals surface area contributed by atoms with Crippen LogP contribution in [0.5, 0.6) is 0 Å². The number of hydrogen-bond donors (Lipinski definition) is 1. The summed E-state index contributed by atoms with van der Waals surface area (Å²) in [6.45, 7) is 13.9. The fourth-order valence-electron chi connectivity index (χ4n) is 1.38. The zero-order chi connectivity index (χ0) is 13.7. The third-order valence-electron chi connectivity index (χ3n) is 2.28. The topological polar surface area (TPSA) is 39.7 Å². The molecule has 4 nitrogen and oxygen atoms in total. The Balaban J connectivity index is 2.99. The Kier molecular flexibility index (Phi) is 11.8. The van der Waals surface area contributed by atoms with Gasteiger partial charge in [-0.1, -0.05) is 0 Å². The minimum atomic E-state index is -0.0673. The van der Waals surface area contributed by atoms with Gasteiger partial charge in [0, 0.05) is 19.8 Å². The Morgan fingerprint density at radius 3 is 2.28 bits per heavy atom. The lowest BCUT2D eigenvalue weighted by Crippen LogP contribution is -2.24. The molecule has 110 valence electrons. The first-order chi connectivity index (χ1) is 8.56. The van der Waals surface area contributed by atoms with Crippen LogP contribution >= 0.6 is 0 Å². The Hall–Kier alpha value is -0.160. The van der Waals surface area contributed by atoms with Crippen LogP contribution in [0.2, 0.25) is 0 Å². The van der Waals surface area contributed by atoms with Gasteiger partial charge in [-0.3, -0.25) is 0 Å². The number of hydrogen-bond acceptors (Lipinski definition) is 4. The number of unbranched alkanes of at least 4 members (excludes halogenated alkanes) is 1. The van der Waals surface area contributed by atoms with E-state index in [2.05, 4.69) is 26.1 Å². The first kappa shape index (κ1) is 17.8. The highest BCUT2D eigenvalue weighted by atomic mass is 16.5. The third kappa shape index (κ3) is 15.8. The molecule has 0 aromatic carbocycles. The molecule has 0 amide bonds. The quantitative estimate of drug-likeness (QED) is 0.547. The second kappa shape index (κ2) is 11.9. The molecule has 0 radical (unpaired) electrons. The second-order valence-corrected chi connectivity index (χ2v) is 5.23. The molecule has 0 unspecified atom stereocenters. The molecule has 0 bridgehead atoms. The van der Waals surface area contributed by atoms with Gasteiger partial charge in [-0.25, -0.2) is 0 Å². The van der Waals surface area contributed by atoms with E-state index < -0.39 is 0 Å². The highest BCUT2D eigenvalue weighted by Crippen LogP contribution is 2.05. The maximum absolute atomic E-state index is 5.55. The van der Waals surface area contributed by atoms with E-state index >= 15 is 0 Å². The first-order valence-corrected chi connectivity index (χ1v) is 7.06. The summed E-state index contributed by atoms with van der Waals surface area (Å²) in [4.78, 5) is 0. The Morgan fingerprint density at radius 1 is 0.833 bits per heavy atom. The second-order valence-electron chi connectivity index (χ2n) is 5.23. The van der Waals surface area contributed by atoms with Crippen molar-refractivity contribution >= 4 is 0 Å². The molecule has 0 spiro atoms. The normalized spacial score (nSPS) is 12.0. The van der Waals surface area contributed by atoms with E-state index in [4.69, 9.17) is 14.2 Å². The van der Waals surface area contributed by atoms with Crippen molar-refractivity contribution in [2.24, 2.45) is 0 Å². The molecule has 0 rings (SSSR count). The Labute approximate surface area is 112 Å². The largest absolute Gasteiger partial charge is 0.382 e. The predicted octanol–water partition coefficient (Wildman–Crippen LogP) is 2.22. The van der Waals surface area contributed by atoms with Crippen molar-refractivity contribution in [3.63, 3.8) is 0 Å². The predicted molar refractivity (Wildman–Crippen MR) is 75.1 cm³/mol. The van der Waals surface area contributed by atoms with Crippen LogP contribution in [-0.4, -0.2) is 51.7 Å². The standard InChI is InChI=1S/C14H31NO3/c1-5-16-10-7-6-8-15-9-11-17-12-13-18-14(2,3)4/h15H,5-13H2,1-4H3. The first-order valence-electron chi connectivity index (χ1n) is 7.06. The van der Waals surface area contributed by atoms with Crippen LogP contribution in [0.25, 0.3) is 0 Å². The van der Waals surface area contributed by atoms with Crippen molar-refractivity contribution in [2.45, 2.75) is 46.1 Å². The number of ether oxygens (including phenoxy) is 3. The molecule has 18 heavy (non-hydrogen) atoms. The lowest BCUT2D eigenvalue weighted by atomic mass is 10.2. The van der Waals surface area contributed by atoms with Gasteiger partial charge in [0.25, 0.3) is 0 Å². The van der Waals surface area contributed by atoms with Crippen LogP contribution in [0.1, 0.15) is 40.5 Å². The molecule has 0 aliphatic heterocycles. The van der Waals surface area contributed by atoms with Crippen molar-refractivity contribution in [3.05, 3.63) is 0 Å². The molecule has 0 aromatic heterocycles. The van der Waals surface area contributed by atoms with Gasteiger partial charge in [-0.15, -0.1) is 0 Å². The van der Waals surface area contributed by atoms with Crippen molar-refractivity contribution in [3.8, 4) is 0 Å². The molecule has 4 heteroatoms. The van der Waals surface area contributed by atoms with E-state index in [0.717, 1.165) is 45.8 Å². The van der Waals surface area contributed by atoms with Crippen LogP contribution in [-0.2, 0) is 14.2 Å². The Morgan fingerprint density at radius 2 is 1.61 bits per heavy atom. The summed E-state index contributed by atoms with van der Waals surface area (Å²) >= 11 is 0. The molecule has 0 atom stereocenters. The monoisotopic (exact) mass is 261 g/mol. The molecule has 0 heterocycles. The van der Waals surface area contributed by atoms with Crippen LogP contribution < -0.4 is 5.32 Å². The van der Waals surface area contributed by atoms with Crippen molar-refractivity contribution in [1.29, 1.82) is 0 Å². The minimum absolute atomic E-state index is 0.0673. The average Bonchev–Trinajstić information content (AvgIpc) is 2.29. The molecule has 0 aliphatic carbocycles. The van der Waals surface area contributed by atoms with E-state index in [-0.39, 0.29) is 5.60 Å². The van der Waals surface area contributed by atoms with E-state index in [1.807, 2.05) is 6.92 Å². The molecule has 0 saturated carbocycles. The number of nitrogens with one attached hydrogen (secondary N) is 1. The van der Waals surface area contributed by atoms with Crippen LogP contribution in [0, 0.1) is 0 Å². The fraction of sp³-hybridized carbons (Fsp3) is 1.00. The molecular formula is C14H31NO3. The van der Waals surface area contributed by atoms with Gasteiger partial charge in [-0.05, 0) is 47.1 Å². The van der Waals surface area contributed by atoms with Crippen molar-refractivity contribution in [2.75, 3.05) is 46.1 Å². The smallest absolute Gasteiger partial charge is 0.0707 e. The zero-order valence-corrected chi connectivity index (χ0v) is 12.6. The van der Waals surface area contributed by atoms with Crippen molar-refractivity contribution < 1.29 is 14.2 Å². The minimum Gasteiger partial charge on any atom is -0.382 e. The van der Waals surface area contributed by atoms with Gasteiger partial charge in [0.05, 0.1) is 25.4 Å². The zero-order valence-electron chi connectivity index (χ0n) is 12.6. The van der Waals surface area contributed by atoms with E-state index in [9.17, 15) is 0 Å². The highest BCUT2D eigenvalue weighted by Gasteiger charge is 2.08. The summed E-state index contributed by atoms with van der Waals surface area (Å²) in [5, 5.41) is 3.35. The third-order valence-corrected chi connectivity index (χ3v) is 2.28. The SMILES string of the molecule is CCOCCCCNCCOCCOC(C)(C)C. The fourth-order valence-corrected chi connectivity index (χ4v) is 1.38. The summed E-state index contributed by atoms with van der Waals surface area (Å²) < 4.78 is 16.3. The van der Waals surface area contributed by atoms with Gasteiger partial charge in [-0.2, -0.15) is 0 Å². The molecular weight excluding hydrogens is 230 g/mol. The van der Waals surface area contributed by atoms with Gasteiger partial charge < -0.3 is 19.5 Å². The van der Waals surface area contributed by atoms with E-state index in [1.165, 1.54) is 0 Å². The van der Waals surface area contributed by atoms with Crippen LogP contribution in [0.15, 0.2) is 0 Å². The Bertz CT molecular complexity index is 169. The molecule has 1 N–H and O–H groups in total. The molecule has 0 aromatic rings. The average molecular weight is 261 g/mol. The van der Waals surface area contributed by atoms with Crippen LogP contribution in [0.3, 0.4) is 0 Å². The molecule has 0 fully saturated rings. The maximum atomic E-state index is 5.55. The lowest BCUT2D eigenvalue weighted by molar-refractivity contribution is -0.0343. The van der Waals surface area contributed by atoms with Gasteiger partial charge in [0.2, 0.25) is 0 Å². The summed E-state index contributed by atoms with van der Waals surface area (Å²) in [5.41, 5.74) is -0.0673. The maximum Gasteiger partial charge on any atom is 0.0707 e. The van der Waals surface area contributed by atoms with E-state index in [0.29, 0.717) is 13.2 Å². The van der Waals surface area contributed by atoms with Gasteiger partial charge in [0.15, 0.2) is 0 Å². The highest BCUT2D eigenvalue weighted by molar-refractivity contribution is 4.58. The van der Waals surface area contributed by atoms with Gasteiger partial charge in [0.1, 0.15) is 0 Å². The summed E-state index contributed by atoms with van der Waals surface area (Å²) in [6.07, 6.45) is 2.29. The number of rotatable bonds is 12. The van der Waals surface area contributed by atoms with Crippen LogP contribution in [0.4, 0.5) is 0 Å². The van der Waals surface area contributed by atoms with Crippen molar-refractivity contribution in [1.82, 2.24) is 5.32 Å². The van der Waals surface area contributed by atoms with Gasteiger partial charge >= 0.3 is 0 Å². The summed E-state index contributed by atoms with van der Waals surface area (Å²) in [7, 11) is 0. The summed E-state index contributed by atoms with van der Waals surface area (Å²) in [5.74, 6) is 0. The summed E-state index contributed by atoms with van der Waals surface area (Å²) in [6, 6.07) is 0. The van der Waals surface area contributed by atoms with E-state index in [1.54, 1.807) is 0 Å². The lowest BCUT2D eigenvalue weighted by Gasteiger charge is -2.19.